The van der Waals surface area contributed by atoms with E-state index in [-0.39, 0.29) is 37.4 Å². The molecular weight excluding hydrogens is 648 g/mol. The quantitative estimate of drug-likeness (QED) is 0.298. The molecule has 3 aromatic carbocycles. The molecule has 9 nitrogen and oxygen atoms in total. The van der Waals surface area contributed by atoms with Crippen molar-refractivity contribution in [3.63, 3.8) is 0 Å². The van der Waals surface area contributed by atoms with Crippen molar-refractivity contribution in [1.29, 1.82) is 0 Å². The van der Waals surface area contributed by atoms with Crippen LogP contribution in [0.5, 0.6) is 0 Å². The Labute approximate surface area is 276 Å². The number of carbonyl (C=O) groups excluding carboxylic acids is 3. The standard InChI is InChI=1S/C36H37BrN4O5/c1-24(8-5-14-33(43)39-19-7-13-29(39)23-42)36(46)30-21-27(37)15-17-32(30)40(35(36)45)22-25-9-6-12-28(20-25)41-34(44)18-16-31(38-41)26-10-3-2-4-11-26/h2-6,8-12,15,17,20-21,24,29,42,46H,7,13-14,16,18-19,22-23H2,1H3/b8-5+/t24-,29+,36+/m1/s1. The van der Waals surface area contributed by atoms with Crippen molar-refractivity contribution < 1.29 is 24.6 Å². The maximum absolute atomic E-state index is 14.1. The molecule has 3 aromatic rings. The topological polar surface area (TPSA) is 114 Å². The Morgan fingerprint density at radius 1 is 1.09 bits per heavy atom. The van der Waals surface area contributed by atoms with Gasteiger partial charge in [-0.3, -0.25) is 14.4 Å². The number of hydrogen-bond donors (Lipinski definition) is 2. The number of amides is 3. The highest BCUT2D eigenvalue weighted by atomic mass is 79.9. The number of hydrogen-bond acceptors (Lipinski definition) is 6. The van der Waals surface area contributed by atoms with Gasteiger partial charge in [0.15, 0.2) is 5.60 Å². The zero-order chi connectivity index (χ0) is 32.4. The molecular formula is C36H37BrN4O5. The average Bonchev–Trinajstić information content (AvgIpc) is 3.63. The number of hydrazone groups is 1. The van der Waals surface area contributed by atoms with Crippen molar-refractivity contribution in [2.75, 3.05) is 23.1 Å². The van der Waals surface area contributed by atoms with E-state index in [0.717, 1.165) is 34.2 Å². The van der Waals surface area contributed by atoms with E-state index in [9.17, 15) is 24.6 Å². The molecule has 2 N–H and O–H groups in total. The first-order valence-corrected chi connectivity index (χ1v) is 16.5. The minimum atomic E-state index is -1.85. The van der Waals surface area contributed by atoms with Crippen molar-refractivity contribution in [1.82, 2.24) is 4.90 Å². The van der Waals surface area contributed by atoms with Gasteiger partial charge in [-0.2, -0.15) is 5.10 Å². The van der Waals surface area contributed by atoms with Crippen LogP contribution in [0.4, 0.5) is 11.4 Å². The van der Waals surface area contributed by atoms with E-state index in [1.54, 1.807) is 34.9 Å². The van der Waals surface area contributed by atoms with Gasteiger partial charge in [0.1, 0.15) is 0 Å². The molecule has 238 valence electrons. The summed E-state index contributed by atoms with van der Waals surface area (Å²) < 4.78 is 0.729. The van der Waals surface area contributed by atoms with Gasteiger partial charge in [-0.25, -0.2) is 5.01 Å². The van der Waals surface area contributed by atoms with Gasteiger partial charge in [0.05, 0.1) is 36.3 Å². The van der Waals surface area contributed by atoms with E-state index >= 15 is 0 Å². The summed E-state index contributed by atoms with van der Waals surface area (Å²) in [5.74, 6) is -1.29. The Morgan fingerprint density at radius 3 is 2.67 bits per heavy atom. The van der Waals surface area contributed by atoms with E-state index < -0.39 is 17.4 Å². The van der Waals surface area contributed by atoms with Crippen molar-refractivity contribution in [3.05, 3.63) is 106 Å². The molecule has 0 bridgehead atoms. The molecule has 46 heavy (non-hydrogen) atoms. The van der Waals surface area contributed by atoms with Gasteiger partial charge in [-0.1, -0.05) is 77.5 Å². The SMILES string of the molecule is C[C@H](/C=C/CC(=O)N1CCC[C@H]1CO)[C@@]1(O)C(=O)N(Cc2cccc(N3N=C(c4ccccc4)CCC3=O)c2)c2ccc(Br)cc21. The van der Waals surface area contributed by atoms with Crippen LogP contribution >= 0.6 is 15.9 Å². The predicted molar refractivity (Wildman–Crippen MR) is 180 cm³/mol. The monoisotopic (exact) mass is 684 g/mol. The van der Waals surface area contributed by atoms with Crippen molar-refractivity contribution in [2.45, 2.75) is 57.2 Å². The van der Waals surface area contributed by atoms with Crippen LogP contribution in [-0.4, -0.2) is 57.7 Å². The Balaban J connectivity index is 1.23. The molecule has 3 atom stereocenters. The normalized spacial score (nSPS) is 22.0. The lowest BCUT2D eigenvalue weighted by molar-refractivity contribution is -0.139. The smallest absolute Gasteiger partial charge is 0.264 e. The number of likely N-dealkylation sites (tertiary alicyclic amines) is 1. The third-order valence-corrected chi connectivity index (χ3v) is 9.64. The second-order valence-corrected chi connectivity index (χ2v) is 13.0. The molecule has 3 aliphatic heterocycles. The lowest BCUT2D eigenvalue weighted by Crippen LogP contribution is -2.44. The summed E-state index contributed by atoms with van der Waals surface area (Å²) in [6.07, 6.45) is 6.11. The molecule has 6 rings (SSSR count). The number of benzene rings is 3. The minimum absolute atomic E-state index is 0.0548. The molecule has 0 aliphatic carbocycles. The fourth-order valence-corrected chi connectivity index (χ4v) is 6.98. The lowest BCUT2D eigenvalue weighted by Gasteiger charge is -2.28. The zero-order valence-electron chi connectivity index (χ0n) is 25.7. The molecule has 10 heteroatoms. The van der Waals surface area contributed by atoms with Gasteiger partial charge in [0.25, 0.3) is 5.91 Å². The van der Waals surface area contributed by atoms with E-state index in [1.165, 1.54) is 5.01 Å². The number of aliphatic hydroxyl groups is 2. The molecule has 0 spiro atoms. The molecule has 3 amide bonds. The number of rotatable bonds is 9. The van der Waals surface area contributed by atoms with Crippen LogP contribution in [0.15, 0.2) is 94.5 Å². The Hall–Kier alpha value is -4.12. The first kappa shape index (κ1) is 31.8. The third kappa shape index (κ3) is 6.04. The number of carbonyl (C=O) groups is 3. The van der Waals surface area contributed by atoms with E-state index in [0.29, 0.717) is 36.3 Å². The Kier molecular flexibility index (Phi) is 9.22. The van der Waals surface area contributed by atoms with Gasteiger partial charge >= 0.3 is 0 Å². The highest BCUT2D eigenvalue weighted by Gasteiger charge is 2.52. The summed E-state index contributed by atoms with van der Waals surface area (Å²) in [6.45, 7) is 2.51. The largest absolute Gasteiger partial charge is 0.394 e. The second kappa shape index (κ2) is 13.3. The van der Waals surface area contributed by atoms with Crippen LogP contribution in [0.1, 0.15) is 55.7 Å². The number of fused-ring (bicyclic) bond motifs is 1. The number of nitrogens with zero attached hydrogens (tertiary/aromatic N) is 4. The van der Waals surface area contributed by atoms with Crippen LogP contribution in [0.3, 0.4) is 0 Å². The summed E-state index contributed by atoms with van der Waals surface area (Å²) in [5, 5.41) is 27.8. The molecule has 3 heterocycles. The first-order valence-electron chi connectivity index (χ1n) is 15.7. The molecule has 0 saturated carbocycles. The molecule has 1 saturated heterocycles. The zero-order valence-corrected chi connectivity index (χ0v) is 27.3. The fraction of sp³-hybridized carbons (Fsp3) is 0.333. The Morgan fingerprint density at radius 2 is 1.89 bits per heavy atom. The summed E-state index contributed by atoms with van der Waals surface area (Å²) >= 11 is 3.50. The van der Waals surface area contributed by atoms with Crippen LogP contribution in [0, 0.1) is 5.92 Å². The minimum Gasteiger partial charge on any atom is -0.394 e. The summed E-state index contributed by atoms with van der Waals surface area (Å²) in [4.78, 5) is 43.1. The number of halogens is 1. The molecule has 3 aliphatic rings. The van der Waals surface area contributed by atoms with Gasteiger partial charge in [0.2, 0.25) is 11.8 Å². The van der Waals surface area contributed by atoms with Gasteiger partial charge < -0.3 is 20.0 Å². The highest BCUT2D eigenvalue weighted by Crippen LogP contribution is 2.47. The molecule has 0 aromatic heterocycles. The Bertz CT molecular complexity index is 1710. The summed E-state index contributed by atoms with van der Waals surface area (Å²) in [7, 11) is 0. The fourth-order valence-electron chi connectivity index (χ4n) is 6.62. The summed E-state index contributed by atoms with van der Waals surface area (Å²) in [5.41, 5.74) is 2.41. The van der Waals surface area contributed by atoms with Crippen LogP contribution in [0.25, 0.3) is 0 Å². The van der Waals surface area contributed by atoms with Crippen molar-refractivity contribution in [2.24, 2.45) is 11.0 Å². The number of anilines is 2. The molecule has 0 unspecified atom stereocenters. The number of aliphatic hydroxyl groups excluding tert-OH is 1. The maximum Gasteiger partial charge on any atom is 0.264 e. The lowest BCUT2D eigenvalue weighted by atomic mass is 9.83. The average molecular weight is 686 g/mol. The van der Waals surface area contributed by atoms with Gasteiger partial charge in [0, 0.05) is 41.8 Å². The van der Waals surface area contributed by atoms with E-state index in [1.807, 2.05) is 66.7 Å². The maximum atomic E-state index is 14.1. The van der Waals surface area contributed by atoms with E-state index in [4.69, 9.17) is 0 Å². The highest BCUT2D eigenvalue weighted by molar-refractivity contribution is 9.10. The van der Waals surface area contributed by atoms with Crippen LogP contribution in [-0.2, 0) is 26.5 Å². The van der Waals surface area contributed by atoms with Crippen molar-refractivity contribution >= 4 is 50.7 Å². The van der Waals surface area contributed by atoms with Crippen molar-refractivity contribution in [3.8, 4) is 0 Å². The van der Waals surface area contributed by atoms with Crippen LogP contribution < -0.4 is 9.91 Å². The van der Waals surface area contributed by atoms with E-state index in [2.05, 4.69) is 21.0 Å². The molecule has 1 fully saturated rings. The van der Waals surface area contributed by atoms with Crippen LogP contribution in [0.2, 0.25) is 0 Å². The predicted octanol–water partition coefficient (Wildman–Crippen LogP) is 5.28. The van der Waals surface area contributed by atoms with Gasteiger partial charge in [-0.05, 0) is 54.3 Å². The molecule has 0 radical (unpaired) electrons. The first-order chi connectivity index (χ1) is 22.2. The van der Waals surface area contributed by atoms with Gasteiger partial charge in [-0.15, -0.1) is 0 Å². The second-order valence-electron chi connectivity index (χ2n) is 12.1. The third-order valence-electron chi connectivity index (χ3n) is 9.15. The summed E-state index contributed by atoms with van der Waals surface area (Å²) in [6, 6.07) is 22.5.